The first-order valence-electron chi connectivity index (χ1n) is 27.8. The van der Waals surface area contributed by atoms with Crippen LogP contribution < -0.4 is 0 Å². The van der Waals surface area contributed by atoms with Gasteiger partial charge in [0.2, 0.25) is 5.79 Å². The van der Waals surface area contributed by atoms with Gasteiger partial charge in [-0.15, -0.1) is 0 Å². The van der Waals surface area contributed by atoms with Crippen LogP contribution in [0.3, 0.4) is 0 Å². The number of ketones is 2. The zero-order valence-corrected chi connectivity index (χ0v) is 43.6. The van der Waals surface area contributed by atoms with Crippen LogP contribution in [0.15, 0.2) is 59.8 Å². The van der Waals surface area contributed by atoms with E-state index in [2.05, 4.69) is 6.58 Å². The van der Waals surface area contributed by atoms with Crippen LogP contribution in [-0.2, 0) is 52.0 Å². The predicted octanol–water partition coefficient (Wildman–Crippen LogP) is 8.73. The van der Waals surface area contributed by atoms with Crippen LogP contribution in [0.4, 0.5) is 0 Å². The summed E-state index contributed by atoms with van der Waals surface area (Å²) in [5, 5.41) is 23.8. The number of allylic oxidation sites excluding steroid dienone is 6. The molecule has 15 atom stereocenters. The molecule has 69 heavy (non-hydrogen) atoms. The summed E-state index contributed by atoms with van der Waals surface area (Å²) in [5.74, 6) is -10.3. The Hall–Kier alpha value is -3.07. The van der Waals surface area contributed by atoms with Crippen molar-refractivity contribution in [3.8, 4) is 0 Å². The van der Waals surface area contributed by atoms with Crippen LogP contribution in [0, 0.1) is 35.5 Å². The summed E-state index contributed by atoms with van der Waals surface area (Å²) in [6.45, 7) is 14.9. The van der Waals surface area contributed by atoms with E-state index >= 15 is 0 Å². The second kappa shape index (κ2) is 26.6. The molecule has 14 nitrogen and oxygen atoms in total. The molecule has 1 saturated carbocycles. The Morgan fingerprint density at radius 3 is 2.35 bits per heavy atom. The number of carbonyl (C=O) groups is 4. The second-order valence-corrected chi connectivity index (χ2v) is 23.4. The van der Waals surface area contributed by atoms with E-state index < -0.39 is 123 Å². The first-order chi connectivity index (χ1) is 34.8. The van der Waals surface area contributed by atoms with Gasteiger partial charge in [-0.05, 0) is 118 Å². The lowest BCUT2D eigenvalue weighted by atomic mass is 9.78. The summed E-state index contributed by atoms with van der Waals surface area (Å²) < 4.78 is 97.3. The highest BCUT2D eigenvalue weighted by Gasteiger charge is 2.53. The number of amides is 1. The number of Topliss-reactive ketones (excluding diaryl/α,β-unsaturated/α-hetero) is 2. The van der Waals surface area contributed by atoms with Gasteiger partial charge in [-0.1, -0.05) is 77.6 Å². The predicted molar refractivity (Wildman–Crippen MR) is 268 cm³/mol. The van der Waals surface area contributed by atoms with E-state index in [0.29, 0.717) is 62.5 Å². The molecular formula is C54H86NO13P. The zero-order chi connectivity index (χ0) is 56.4. The largest absolute Gasteiger partial charge is 0.460 e. The van der Waals surface area contributed by atoms with Crippen molar-refractivity contribution in [1.29, 1.82) is 0 Å². The maximum atomic E-state index is 14.6. The number of esters is 1. The molecule has 3 heterocycles. The summed E-state index contributed by atoms with van der Waals surface area (Å²) in [6, 6.07) is -1.33. The van der Waals surface area contributed by atoms with Gasteiger partial charge in [0.25, 0.3) is 11.7 Å². The van der Waals surface area contributed by atoms with Crippen LogP contribution in [0.25, 0.3) is 0 Å². The van der Waals surface area contributed by atoms with E-state index in [1.807, 2.05) is 26.0 Å². The molecule has 4 rings (SSSR count). The molecule has 0 aromatic heterocycles. The lowest BCUT2D eigenvalue weighted by Crippen LogP contribution is -2.61. The highest BCUT2D eigenvalue weighted by molar-refractivity contribution is 7.57. The van der Waals surface area contributed by atoms with Gasteiger partial charge in [0.1, 0.15) is 30.1 Å². The van der Waals surface area contributed by atoms with E-state index in [1.54, 1.807) is 59.4 Å². The summed E-state index contributed by atoms with van der Waals surface area (Å²) in [5.41, 5.74) is 1.23. The number of cyclic esters (lactones) is 1. The Labute approximate surface area is 421 Å². The van der Waals surface area contributed by atoms with E-state index in [1.165, 1.54) is 20.1 Å². The lowest BCUT2D eigenvalue weighted by Gasteiger charge is -2.42. The van der Waals surface area contributed by atoms with Crippen molar-refractivity contribution in [1.82, 2.24) is 4.90 Å². The fourth-order valence-electron chi connectivity index (χ4n) is 10.3. The number of fused-ring (bicyclic) bond motifs is 3. The van der Waals surface area contributed by atoms with Gasteiger partial charge >= 0.3 is 5.97 Å². The molecule has 0 spiro atoms. The van der Waals surface area contributed by atoms with Crippen molar-refractivity contribution < 1.29 is 70.4 Å². The Bertz CT molecular complexity index is 2160. The monoisotopic (exact) mass is 994 g/mol. The second-order valence-electron chi connectivity index (χ2n) is 20.7. The number of hydrogen-bond acceptors (Lipinski definition) is 13. The third kappa shape index (κ3) is 16.2. The number of methoxy groups -OCH3 is 3. The molecule has 1 aliphatic carbocycles. The van der Waals surface area contributed by atoms with Gasteiger partial charge in [-0.3, -0.25) is 18.9 Å². The molecule has 0 radical (unpaired) electrons. The average Bonchev–Trinajstić information content (AvgIpc) is 3.32. The highest BCUT2D eigenvalue weighted by atomic mass is 31.2. The van der Waals surface area contributed by atoms with Crippen molar-refractivity contribution in [2.24, 2.45) is 35.5 Å². The Kier molecular flexibility index (Phi) is 19.1. The zero-order valence-electron chi connectivity index (χ0n) is 48.7. The number of hydrogen-bond donors (Lipinski definition) is 2. The molecule has 2 N–H and O–H groups in total. The van der Waals surface area contributed by atoms with Crippen LogP contribution in [0.1, 0.15) is 134 Å². The summed E-state index contributed by atoms with van der Waals surface area (Å²) >= 11 is 0. The summed E-state index contributed by atoms with van der Waals surface area (Å²) in [6.07, 6.45) is 7.34. The quantitative estimate of drug-likeness (QED) is 0.102. The van der Waals surface area contributed by atoms with Crippen LogP contribution in [0.2, 0.25) is 0 Å². The van der Waals surface area contributed by atoms with Crippen LogP contribution in [-0.4, -0.2) is 134 Å². The molecule has 0 unspecified atom stereocenters. The molecule has 15 heteroatoms. The minimum absolute atomic E-state index is 0.00486. The van der Waals surface area contributed by atoms with Gasteiger partial charge in [0.15, 0.2) is 7.37 Å². The van der Waals surface area contributed by atoms with E-state index in [9.17, 15) is 34.0 Å². The average molecular weight is 994 g/mol. The number of nitrogens with zero attached hydrogens (tertiary/aromatic N) is 1. The number of aliphatic hydroxyl groups excluding tert-OH is 1. The molecule has 3 aliphatic heterocycles. The number of carbonyl (C=O) groups excluding carboxylic acids is 4. The molecule has 2 bridgehead atoms. The lowest BCUT2D eigenvalue weighted by molar-refractivity contribution is -0.265. The third-order valence-electron chi connectivity index (χ3n) is 14.7. The molecule has 4 aliphatic rings. The van der Waals surface area contributed by atoms with Gasteiger partial charge in [-0.2, -0.15) is 0 Å². The Balaban J connectivity index is 1.79. The number of aliphatic hydroxyl groups is 2. The Morgan fingerprint density at radius 2 is 1.68 bits per heavy atom. The third-order valence-corrected chi connectivity index (χ3v) is 15.5. The normalized spacial score (nSPS) is 39.4. The van der Waals surface area contributed by atoms with Gasteiger partial charge in [0.05, 0.1) is 28.5 Å². The van der Waals surface area contributed by atoms with E-state index in [0.717, 1.165) is 4.90 Å². The minimum atomic E-state index is -2.90. The van der Waals surface area contributed by atoms with Gasteiger partial charge in [-0.25, -0.2) is 4.79 Å². The standard InChI is InChI=1S/C54H86NO13P/c1-33-19-15-14-16-20-34(2)46(63-9)31-42-24-22-39(7)54(61,67-42)51(58)52(59)55-26-18-17-21-43(55)53(60)66-47(37(5)29-41-23-25-45(48(30-41)64-10)68-69(12,13)62)32-44(56)36(4)28-38(6)49(57)50(65-11)40(8)35(3)27-33/h14-16,19-20,28,33,35-37,39,41-43,45-50,57,61H,8,17-18,21-27,29-32H2,1-7,9-13H3/b16-14?,19-15+,34-20?,38-28+/t33-,35-,36-,37-,39-,41+,42+,43+,45-,46+,47+,48-,49-,50+,54-/m1/s1/i4D3,9D3. The van der Waals surface area contributed by atoms with Crippen molar-refractivity contribution in [2.75, 3.05) is 41.1 Å². The van der Waals surface area contributed by atoms with Crippen molar-refractivity contribution >= 4 is 30.8 Å². The molecule has 0 aromatic rings. The molecule has 0 aromatic carbocycles. The minimum Gasteiger partial charge on any atom is -0.460 e. The van der Waals surface area contributed by atoms with Crippen molar-refractivity contribution in [2.45, 2.75) is 180 Å². The topological polar surface area (TPSA) is 184 Å². The summed E-state index contributed by atoms with van der Waals surface area (Å²) in [4.78, 5) is 59.1. The van der Waals surface area contributed by atoms with Crippen molar-refractivity contribution in [3.05, 3.63) is 59.8 Å². The van der Waals surface area contributed by atoms with E-state index in [4.69, 9.17) is 36.4 Å². The maximum absolute atomic E-state index is 14.6. The molecule has 3 fully saturated rings. The number of piperidine rings is 1. The van der Waals surface area contributed by atoms with Gasteiger partial charge in [0, 0.05) is 69.9 Å². The summed E-state index contributed by atoms with van der Waals surface area (Å²) in [7, 11) is -2.72. The molecule has 1 amide bonds. The first kappa shape index (κ1) is 49.5. The van der Waals surface area contributed by atoms with E-state index in [-0.39, 0.29) is 49.1 Å². The fraction of sp³-hybridized carbons (Fsp3) is 0.741. The first-order valence-corrected chi connectivity index (χ1v) is 27.3. The molecule has 390 valence electrons. The SMILES string of the molecule is [2H]C([2H])([2H])O[C@H]1C[C@@H]2CC[C@@H](C)[C@@](O)(O2)C(=O)C(=O)N2CCCC[C@H]2C(=O)O[C@H]([C@H](C)C[C@@H]2CC[C@@H](OP(C)(C)=O)[C@H](OC)C2)CC(=O)[C@H](C([2H])([2H])[2H])/C=C(\C)[C@@H](O)[C@@H](OC)C(=C)[C@H](C)C[C@H](C)/C=C/C=CC=C1C. The van der Waals surface area contributed by atoms with Crippen LogP contribution in [0.5, 0.6) is 0 Å². The van der Waals surface area contributed by atoms with Gasteiger partial charge < -0.3 is 43.3 Å². The number of ether oxygens (including phenoxy) is 5. The molecule has 2 saturated heterocycles. The fourth-order valence-corrected chi connectivity index (χ4v) is 11.2. The smallest absolute Gasteiger partial charge is 0.329 e. The van der Waals surface area contributed by atoms with Crippen molar-refractivity contribution in [3.63, 3.8) is 0 Å². The molecular weight excluding hydrogens is 902 g/mol. The number of rotatable bonds is 8. The Morgan fingerprint density at radius 1 is 0.942 bits per heavy atom. The van der Waals surface area contributed by atoms with Crippen LogP contribution >= 0.6 is 7.37 Å². The highest BCUT2D eigenvalue weighted by Crippen LogP contribution is 2.45. The maximum Gasteiger partial charge on any atom is 0.329 e.